The van der Waals surface area contributed by atoms with Crippen LogP contribution in [0.1, 0.15) is 44.3 Å². The molecule has 2 aliphatic rings. The van der Waals surface area contributed by atoms with Crippen LogP contribution in [-0.4, -0.2) is 60.0 Å². The molecule has 3 rings (SSSR count). The van der Waals surface area contributed by atoms with Crippen LogP contribution < -0.4 is 5.32 Å². The number of piperazine rings is 1. The van der Waals surface area contributed by atoms with E-state index in [2.05, 4.69) is 41.3 Å². The second-order valence-corrected chi connectivity index (χ2v) is 8.88. The Morgan fingerprint density at radius 1 is 1.25 bits per heavy atom. The highest BCUT2D eigenvalue weighted by Gasteiger charge is 2.28. The molecule has 0 aromatic carbocycles. The van der Waals surface area contributed by atoms with Gasteiger partial charge in [-0.25, -0.2) is 4.98 Å². The molecule has 0 aliphatic carbocycles. The number of nitrogens with zero attached hydrogens (tertiary/aromatic N) is 3. The minimum absolute atomic E-state index is 0.128. The van der Waals surface area contributed by atoms with Crippen molar-refractivity contribution in [2.45, 2.75) is 45.6 Å². The normalized spacial score (nSPS) is 21.2. The minimum Gasteiger partial charge on any atom is -0.340 e. The summed E-state index contributed by atoms with van der Waals surface area (Å²) in [5.74, 6) is 0.616. The van der Waals surface area contributed by atoms with E-state index in [-0.39, 0.29) is 11.3 Å². The maximum absolute atomic E-state index is 12.6. The summed E-state index contributed by atoms with van der Waals surface area (Å²) in [5.41, 5.74) is 1.30. The Morgan fingerprint density at radius 3 is 2.50 bits per heavy atom. The van der Waals surface area contributed by atoms with Crippen LogP contribution in [0.5, 0.6) is 0 Å². The third-order valence-electron chi connectivity index (χ3n) is 4.95. The summed E-state index contributed by atoms with van der Waals surface area (Å²) in [6.45, 7) is 13.1. The molecule has 2 saturated heterocycles. The monoisotopic (exact) mass is 350 g/mol. The number of amides is 1. The zero-order valence-electron chi connectivity index (χ0n) is 15.2. The van der Waals surface area contributed by atoms with Crippen LogP contribution in [0.15, 0.2) is 5.38 Å². The van der Waals surface area contributed by atoms with Crippen LogP contribution in [0.2, 0.25) is 0 Å². The summed E-state index contributed by atoms with van der Waals surface area (Å²) in [7, 11) is 0. The molecule has 24 heavy (non-hydrogen) atoms. The fourth-order valence-corrected chi connectivity index (χ4v) is 4.31. The van der Waals surface area contributed by atoms with Crippen LogP contribution >= 0.6 is 11.3 Å². The molecule has 3 heterocycles. The topological polar surface area (TPSA) is 48.5 Å². The molecule has 0 atom stereocenters. The van der Waals surface area contributed by atoms with E-state index >= 15 is 0 Å². The number of nitrogens with one attached hydrogen (secondary N) is 1. The van der Waals surface area contributed by atoms with Crippen molar-refractivity contribution < 1.29 is 4.79 Å². The van der Waals surface area contributed by atoms with Gasteiger partial charge >= 0.3 is 0 Å². The van der Waals surface area contributed by atoms with Gasteiger partial charge in [-0.15, -0.1) is 11.3 Å². The highest BCUT2D eigenvalue weighted by Crippen LogP contribution is 2.26. The molecule has 1 aromatic heterocycles. The molecular formula is C18H30N4OS. The average molecular weight is 351 g/mol. The first-order chi connectivity index (χ1) is 11.4. The fourth-order valence-electron chi connectivity index (χ4n) is 3.41. The molecule has 0 radical (unpaired) electrons. The summed E-state index contributed by atoms with van der Waals surface area (Å²) in [4.78, 5) is 21.9. The molecule has 0 unspecified atom stereocenters. The summed E-state index contributed by atoms with van der Waals surface area (Å²) < 4.78 is 0. The van der Waals surface area contributed by atoms with Gasteiger partial charge in [0.25, 0.3) is 0 Å². The summed E-state index contributed by atoms with van der Waals surface area (Å²) in [6.07, 6.45) is 1.99. The van der Waals surface area contributed by atoms with E-state index in [1.165, 1.54) is 10.7 Å². The van der Waals surface area contributed by atoms with Crippen molar-refractivity contribution in [1.82, 2.24) is 20.1 Å². The second kappa shape index (κ2) is 7.50. The Labute approximate surface area is 149 Å². The molecule has 0 saturated carbocycles. The SMILES string of the molecule is CC(C)(C)c1nc(CN2CCN(C(=O)C3CCNCC3)CC2)cs1. The lowest BCUT2D eigenvalue weighted by molar-refractivity contribution is -0.138. The number of rotatable bonds is 3. The van der Waals surface area contributed by atoms with Crippen molar-refractivity contribution >= 4 is 17.2 Å². The predicted molar refractivity (Wildman–Crippen MR) is 98.3 cm³/mol. The number of hydrogen-bond acceptors (Lipinski definition) is 5. The number of thiazole rings is 1. The van der Waals surface area contributed by atoms with Gasteiger partial charge in [-0.3, -0.25) is 9.69 Å². The van der Waals surface area contributed by atoms with E-state index in [0.717, 1.165) is 58.7 Å². The third kappa shape index (κ3) is 4.35. The maximum Gasteiger partial charge on any atom is 0.225 e. The lowest BCUT2D eigenvalue weighted by Gasteiger charge is -2.37. The molecule has 6 heteroatoms. The van der Waals surface area contributed by atoms with Gasteiger partial charge in [0.1, 0.15) is 0 Å². The quantitative estimate of drug-likeness (QED) is 0.907. The Balaban J connectivity index is 1.48. The van der Waals surface area contributed by atoms with E-state index in [0.29, 0.717) is 5.91 Å². The molecule has 0 spiro atoms. The standard InChI is InChI=1S/C18H30N4OS/c1-18(2,3)17-20-15(13-24-17)12-21-8-10-22(11-9-21)16(23)14-4-6-19-7-5-14/h13-14,19H,4-12H2,1-3H3. The Kier molecular flexibility index (Phi) is 5.57. The predicted octanol–water partition coefficient (Wildman–Crippen LogP) is 2.08. The van der Waals surface area contributed by atoms with Crippen LogP contribution in [0.25, 0.3) is 0 Å². The van der Waals surface area contributed by atoms with Crippen molar-refractivity contribution in [3.8, 4) is 0 Å². The number of hydrogen-bond donors (Lipinski definition) is 1. The average Bonchev–Trinajstić information content (AvgIpc) is 3.05. The summed E-state index contributed by atoms with van der Waals surface area (Å²) >= 11 is 1.76. The molecule has 5 nitrogen and oxygen atoms in total. The Morgan fingerprint density at radius 2 is 1.92 bits per heavy atom. The van der Waals surface area contributed by atoms with E-state index in [4.69, 9.17) is 4.98 Å². The molecule has 2 fully saturated rings. The molecular weight excluding hydrogens is 320 g/mol. The Hall–Kier alpha value is -0.980. The highest BCUT2D eigenvalue weighted by molar-refractivity contribution is 7.09. The number of carbonyl (C=O) groups excluding carboxylic acids is 1. The molecule has 2 aliphatic heterocycles. The molecule has 0 bridgehead atoms. The third-order valence-corrected chi connectivity index (χ3v) is 6.27. The molecule has 1 amide bonds. The van der Waals surface area contributed by atoms with Crippen LogP contribution in [-0.2, 0) is 16.8 Å². The van der Waals surface area contributed by atoms with Crippen molar-refractivity contribution in [1.29, 1.82) is 0 Å². The van der Waals surface area contributed by atoms with Crippen molar-refractivity contribution in [3.63, 3.8) is 0 Å². The number of aromatic nitrogens is 1. The van der Waals surface area contributed by atoms with Crippen LogP contribution in [0, 0.1) is 5.92 Å². The van der Waals surface area contributed by atoms with Gasteiger partial charge in [0.15, 0.2) is 0 Å². The summed E-state index contributed by atoms with van der Waals surface area (Å²) in [6, 6.07) is 0. The van der Waals surface area contributed by atoms with Gasteiger partial charge in [-0.05, 0) is 25.9 Å². The van der Waals surface area contributed by atoms with Gasteiger partial charge in [-0.1, -0.05) is 20.8 Å². The van der Waals surface area contributed by atoms with Crippen molar-refractivity contribution in [3.05, 3.63) is 16.1 Å². The second-order valence-electron chi connectivity index (χ2n) is 8.02. The minimum atomic E-state index is 0.128. The molecule has 1 N–H and O–H groups in total. The first kappa shape index (κ1) is 17.8. The lowest BCUT2D eigenvalue weighted by Crippen LogP contribution is -2.51. The molecule has 134 valence electrons. The van der Waals surface area contributed by atoms with E-state index in [9.17, 15) is 4.79 Å². The number of piperidine rings is 1. The van der Waals surface area contributed by atoms with Crippen molar-refractivity contribution in [2.75, 3.05) is 39.3 Å². The number of carbonyl (C=O) groups is 1. The van der Waals surface area contributed by atoms with Gasteiger partial charge in [0.2, 0.25) is 5.91 Å². The fraction of sp³-hybridized carbons (Fsp3) is 0.778. The first-order valence-corrected chi connectivity index (χ1v) is 9.98. The van der Waals surface area contributed by atoms with Gasteiger partial charge in [0, 0.05) is 49.4 Å². The smallest absolute Gasteiger partial charge is 0.225 e. The van der Waals surface area contributed by atoms with E-state index in [1.807, 2.05) is 0 Å². The maximum atomic E-state index is 12.6. The van der Waals surface area contributed by atoms with Crippen molar-refractivity contribution in [2.24, 2.45) is 5.92 Å². The highest BCUT2D eigenvalue weighted by atomic mass is 32.1. The van der Waals surface area contributed by atoms with E-state index in [1.54, 1.807) is 11.3 Å². The van der Waals surface area contributed by atoms with Crippen LogP contribution in [0.3, 0.4) is 0 Å². The Bertz CT molecular complexity index is 552. The van der Waals surface area contributed by atoms with Gasteiger partial charge < -0.3 is 10.2 Å². The lowest BCUT2D eigenvalue weighted by atomic mass is 9.96. The zero-order chi connectivity index (χ0) is 17.2. The van der Waals surface area contributed by atoms with Crippen LogP contribution in [0.4, 0.5) is 0 Å². The zero-order valence-corrected chi connectivity index (χ0v) is 16.0. The largest absolute Gasteiger partial charge is 0.340 e. The van der Waals surface area contributed by atoms with Gasteiger partial charge in [-0.2, -0.15) is 0 Å². The van der Waals surface area contributed by atoms with Gasteiger partial charge in [0.05, 0.1) is 10.7 Å². The first-order valence-electron chi connectivity index (χ1n) is 9.10. The molecule has 1 aromatic rings. The van der Waals surface area contributed by atoms with E-state index < -0.39 is 0 Å². The summed E-state index contributed by atoms with van der Waals surface area (Å²) in [5, 5.41) is 6.73.